The molecule has 3 aliphatic heterocycles. The zero-order valence-electron chi connectivity index (χ0n) is 25.2. The molecule has 270 valence electrons. The Morgan fingerprint density at radius 3 is 0.647 bits per heavy atom. The topological polar surface area (TPSA) is 55.4 Å². The van der Waals surface area contributed by atoms with E-state index in [-0.39, 0.29) is 39.6 Å². The third-order valence-electron chi connectivity index (χ3n) is 8.26. The summed E-state index contributed by atoms with van der Waals surface area (Å²) in [6, 6.07) is 1.06. The predicted octanol–water partition coefficient (Wildman–Crippen LogP) is 8.49. The summed E-state index contributed by atoms with van der Waals surface area (Å²) in [4.78, 5) is 0. The fraction of sp³-hybridized carbons (Fsp3) is 0.273. The lowest BCUT2D eigenvalue weighted by Crippen LogP contribution is -2.13. The second kappa shape index (κ2) is 13.4. The van der Waals surface area contributed by atoms with Crippen LogP contribution >= 0.6 is 0 Å². The monoisotopic (exact) mass is 738 g/mol. The summed E-state index contributed by atoms with van der Waals surface area (Å²) in [6.45, 7) is -1.31. The molecule has 18 heteroatoms. The quantitative estimate of drug-likeness (QED) is 0.146. The van der Waals surface area contributed by atoms with Crippen LogP contribution in [0.15, 0.2) is 18.2 Å². The van der Waals surface area contributed by atoms with Gasteiger partial charge in [0.25, 0.3) is 0 Å². The maximum Gasteiger partial charge on any atom is 0.189 e. The third-order valence-corrected chi connectivity index (χ3v) is 8.26. The molecule has 0 radical (unpaired) electrons. The van der Waals surface area contributed by atoms with Gasteiger partial charge < -0.3 is 28.4 Å². The van der Waals surface area contributed by atoms with Crippen molar-refractivity contribution in [3.05, 3.63) is 105 Å². The lowest BCUT2D eigenvalue weighted by molar-refractivity contribution is -0.0500. The molecule has 0 aromatic heterocycles. The van der Waals surface area contributed by atoms with Crippen LogP contribution in [-0.2, 0) is 28.4 Å². The van der Waals surface area contributed by atoms with Crippen molar-refractivity contribution in [2.45, 2.75) is 18.9 Å². The smallest absolute Gasteiger partial charge is 0.189 e. The Balaban J connectivity index is 1.51. The molecule has 0 bridgehead atoms. The third kappa shape index (κ3) is 5.64. The van der Waals surface area contributed by atoms with E-state index in [0.29, 0.717) is 18.2 Å². The molecule has 51 heavy (non-hydrogen) atoms. The Kier molecular flexibility index (Phi) is 9.26. The zero-order chi connectivity index (χ0) is 36.5. The number of rotatable bonds is 6. The summed E-state index contributed by atoms with van der Waals surface area (Å²) in [5.41, 5.74) is -12.6. The SMILES string of the molecule is Fc1c(F)c(C2OCCO2)c(F)c(F)c1-c1cc(-c2c(F)c(F)c(C3OCCO3)c(F)c2F)cc(-c2c(F)c(F)c(C3OCCO3)c(F)c2F)c1. The minimum Gasteiger partial charge on any atom is -0.346 e. The molecule has 0 spiro atoms. The first kappa shape index (κ1) is 35.2. The van der Waals surface area contributed by atoms with E-state index in [0.717, 1.165) is 0 Å². The van der Waals surface area contributed by atoms with Gasteiger partial charge in [-0.05, 0) is 34.9 Å². The van der Waals surface area contributed by atoms with E-state index in [1.807, 2.05) is 0 Å². The van der Waals surface area contributed by atoms with Gasteiger partial charge in [-0.1, -0.05) is 0 Å². The van der Waals surface area contributed by atoms with Crippen molar-refractivity contribution >= 4 is 0 Å². The molecule has 7 rings (SSSR count). The Morgan fingerprint density at radius 1 is 0.294 bits per heavy atom. The van der Waals surface area contributed by atoms with E-state index >= 15 is 52.7 Å². The Hall–Kier alpha value is -4.20. The second-order valence-corrected chi connectivity index (χ2v) is 11.2. The van der Waals surface area contributed by atoms with Crippen molar-refractivity contribution in [1.29, 1.82) is 0 Å². The lowest BCUT2D eigenvalue weighted by atomic mass is 9.90. The molecule has 3 heterocycles. The highest BCUT2D eigenvalue weighted by Gasteiger charge is 2.38. The molecule has 0 N–H and O–H groups in total. The van der Waals surface area contributed by atoms with Gasteiger partial charge in [-0.15, -0.1) is 0 Å². The number of hydrogen-bond acceptors (Lipinski definition) is 6. The van der Waals surface area contributed by atoms with Gasteiger partial charge in [0.2, 0.25) is 0 Å². The largest absolute Gasteiger partial charge is 0.346 e. The molecule has 4 aromatic carbocycles. The average Bonchev–Trinajstić information content (AvgIpc) is 3.92. The molecule has 3 aliphatic rings. The summed E-state index contributed by atoms with van der Waals surface area (Å²) < 4.78 is 215. The molecular formula is C33H18F12O6. The van der Waals surface area contributed by atoms with E-state index < -0.39 is 139 Å². The van der Waals surface area contributed by atoms with Crippen LogP contribution in [0.25, 0.3) is 33.4 Å². The van der Waals surface area contributed by atoms with Crippen LogP contribution in [0.3, 0.4) is 0 Å². The first-order valence-corrected chi connectivity index (χ1v) is 14.8. The van der Waals surface area contributed by atoms with E-state index in [4.69, 9.17) is 28.4 Å². The van der Waals surface area contributed by atoms with E-state index in [9.17, 15) is 0 Å². The summed E-state index contributed by atoms with van der Waals surface area (Å²) in [6.07, 6.45) is -5.73. The van der Waals surface area contributed by atoms with Crippen LogP contribution < -0.4 is 0 Å². The molecule has 3 saturated heterocycles. The summed E-state index contributed by atoms with van der Waals surface area (Å²) >= 11 is 0. The standard InChI is InChI=1S/C33H18F12O6/c34-19-13(20(35)26(41)16(25(19)40)31-46-1-2-47-31)10-7-11(14-21(36)27(42)17(28(43)22(14)37)32-48-3-4-49-32)9-12(8-10)15-23(38)29(44)18(30(45)24(15)39)33-50-5-6-51-33/h7-9,31-33H,1-6H2. The van der Waals surface area contributed by atoms with Gasteiger partial charge in [-0.25, -0.2) is 52.7 Å². The predicted molar refractivity (Wildman–Crippen MR) is 146 cm³/mol. The lowest BCUT2D eigenvalue weighted by Gasteiger charge is -2.19. The van der Waals surface area contributed by atoms with Crippen LogP contribution in [0.4, 0.5) is 52.7 Å². The highest BCUT2D eigenvalue weighted by atomic mass is 19.2. The van der Waals surface area contributed by atoms with Crippen LogP contribution in [-0.4, -0.2) is 39.6 Å². The van der Waals surface area contributed by atoms with E-state index in [2.05, 4.69) is 0 Å². The average molecular weight is 738 g/mol. The van der Waals surface area contributed by atoms with Gasteiger partial charge in [0.15, 0.2) is 88.7 Å². The fourth-order valence-corrected chi connectivity index (χ4v) is 5.96. The van der Waals surface area contributed by atoms with Gasteiger partial charge >= 0.3 is 0 Å². The van der Waals surface area contributed by atoms with Crippen molar-refractivity contribution in [3.8, 4) is 33.4 Å². The highest BCUT2D eigenvalue weighted by Crippen LogP contribution is 2.45. The molecule has 0 amide bonds. The van der Waals surface area contributed by atoms with Gasteiger partial charge in [-0.3, -0.25) is 0 Å². The summed E-state index contributed by atoms with van der Waals surface area (Å²) in [5.74, 6) is -25.7. The number of hydrogen-bond donors (Lipinski definition) is 0. The normalized spacial score (nSPS) is 17.4. The molecule has 6 nitrogen and oxygen atoms in total. The van der Waals surface area contributed by atoms with Crippen LogP contribution in [0, 0.1) is 69.8 Å². The Bertz CT molecular complexity index is 1740. The number of halogens is 12. The summed E-state index contributed by atoms with van der Waals surface area (Å²) in [5, 5.41) is 0. The van der Waals surface area contributed by atoms with E-state index in [1.165, 1.54) is 0 Å². The molecule has 0 aliphatic carbocycles. The minimum atomic E-state index is -2.19. The van der Waals surface area contributed by atoms with Gasteiger partial charge in [0.05, 0.1) is 73.0 Å². The summed E-state index contributed by atoms with van der Waals surface area (Å²) in [7, 11) is 0. The first-order valence-electron chi connectivity index (χ1n) is 14.8. The van der Waals surface area contributed by atoms with Crippen molar-refractivity contribution in [3.63, 3.8) is 0 Å². The molecule has 0 saturated carbocycles. The maximum absolute atomic E-state index is 15.7. The molecular weight excluding hydrogens is 720 g/mol. The second-order valence-electron chi connectivity index (χ2n) is 11.2. The molecule has 0 atom stereocenters. The van der Waals surface area contributed by atoms with Crippen LogP contribution in [0.1, 0.15) is 35.6 Å². The van der Waals surface area contributed by atoms with Crippen molar-refractivity contribution < 1.29 is 81.1 Å². The van der Waals surface area contributed by atoms with Gasteiger partial charge in [-0.2, -0.15) is 0 Å². The highest BCUT2D eigenvalue weighted by molar-refractivity contribution is 5.83. The minimum absolute atomic E-state index is 0.218. The fourth-order valence-electron chi connectivity index (χ4n) is 5.96. The van der Waals surface area contributed by atoms with Crippen molar-refractivity contribution in [2.75, 3.05) is 39.6 Å². The number of ether oxygens (including phenoxy) is 6. The Morgan fingerprint density at radius 2 is 0.471 bits per heavy atom. The maximum atomic E-state index is 15.7. The van der Waals surface area contributed by atoms with Crippen molar-refractivity contribution in [2.24, 2.45) is 0 Å². The molecule has 4 aromatic rings. The van der Waals surface area contributed by atoms with Gasteiger partial charge in [0.1, 0.15) is 0 Å². The first-order chi connectivity index (χ1) is 24.3. The molecule has 0 unspecified atom stereocenters. The van der Waals surface area contributed by atoms with Crippen LogP contribution in [0.2, 0.25) is 0 Å². The van der Waals surface area contributed by atoms with Crippen LogP contribution in [0.5, 0.6) is 0 Å². The Labute approximate surface area is 278 Å². The van der Waals surface area contributed by atoms with E-state index in [1.54, 1.807) is 0 Å². The van der Waals surface area contributed by atoms with Gasteiger partial charge in [0, 0.05) is 0 Å². The zero-order valence-corrected chi connectivity index (χ0v) is 25.2. The number of benzene rings is 4. The van der Waals surface area contributed by atoms with Crippen molar-refractivity contribution in [1.82, 2.24) is 0 Å². The molecule has 3 fully saturated rings.